The van der Waals surface area contributed by atoms with Crippen LogP contribution in [0, 0.1) is 0 Å². The molecule has 1 aliphatic heterocycles. The Bertz CT molecular complexity index is 456. The van der Waals surface area contributed by atoms with Crippen molar-refractivity contribution in [3.8, 4) is 0 Å². The number of esters is 1. The van der Waals surface area contributed by atoms with Crippen molar-refractivity contribution in [3.05, 3.63) is 20.6 Å². The highest BCUT2D eigenvalue weighted by Gasteiger charge is 2.28. The van der Waals surface area contributed by atoms with Gasteiger partial charge >= 0.3 is 5.97 Å². The summed E-state index contributed by atoms with van der Waals surface area (Å²) in [5, 5.41) is 6.74. The molecular weight excluding hydrogens is 306 g/mol. The van der Waals surface area contributed by atoms with Crippen molar-refractivity contribution >= 4 is 35.4 Å². The molecule has 6 heteroatoms. The van der Waals surface area contributed by atoms with Crippen molar-refractivity contribution in [1.82, 2.24) is 5.32 Å². The maximum atomic E-state index is 12.5. The molecule has 0 saturated heterocycles. The van der Waals surface area contributed by atoms with Gasteiger partial charge in [-0.1, -0.05) is 42.8 Å². The zero-order valence-corrected chi connectivity index (χ0v) is 14.0. The summed E-state index contributed by atoms with van der Waals surface area (Å²) in [4.78, 5) is 24.7. The van der Waals surface area contributed by atoms with Crippen LogP contribution in [0.1, 0.15) is 46.0 Å². The number of ether oxygens (including phenoxy) is 1. The molecule has 1 fully saturated rings. The quantitative estimate of drug-likeness (QED) is 0.370. The zero-order chi connectivity index (χ0) is 15.2. The van der Waals surface area contributed by atoms with Crippen LogP contribution in [0.25, 0.3) is 0 Å². The molecule has 21 heavy (non-hydrogen) atoms. The van der Waals surface area contributed by atoms with E-state index in [1.54, 1.807) is 13.8 Å². The van der Waals surface area contributed by atoms with Crippen molar-refractivity contribution in [2.75, 3.05) is 0 Å². The van der Waals surface area contributed by atoms with Gasteiger partial charge in [-0.05, 0) is 37.5 Å². The Morgan fingerprint density at radius 2 is 1.81 bits per heavy atom. The van der Waals surface area contributed by atoms with Crippen LogP contribution >= 0.6 is 23.5 Å². The lowest BCUT2D eigenvalue weighted by Gasteiger charge is -2.23. The Morgan fingerprint density at radius 1 is 1.19 bits per heavy atom. The minimum absolute atomic E-state index is 0.147. The summed E-state index contributed by atoms with van der Waals surface area (Å²) in [5.41, 5.74) is 0.147. The Hall–Kier alpha value is -0.880. The van der Waals surface area contributed by atoms with Crippen molar-refractivity contribution in [1.29, 1.82) is 0 Å². The Kier molecular flexibility index (Phi) is 6.23. The second-order valence-electron chi connectivity index (χ2n) is 5.43. The molecule has 0 aromatic rings. The van der Waals surface area contributed by atoms with Gasteiger partial charge in [0.1, 0.15) is 5.57 Å². The van der Waals surface area contributed by atoms with Crippen molar-refractivity contribution in [3.63, 3.8) is 0 Å². The SMILES string of the molecule is CC(C)OC(=O)C(C(=O)NC1CCCCC1)=C1SC=CS1. The van der Waals surface area contributed by atoms with Crippen molar-refractivity contribution in [2.24, 2.45) is 0 Å². The number of thioether (sulfide) groups is 2. The van der Waals surface area contributed by atoms with Crippen molar-refractivity contribution < 1.29 is 14.3 Å². The molecule has 0 bridgehead atoms. The van der Waals surface area contributed by atoms with Crippen LogP contribution in [0.15, 0.2) is 20.6 Å². The predicted molar refractivity (Wildman–Crippen MR) is 87.6 cm³/mol. The van der Waals surface area contributed by atoms with Crippen LogP contribution in [-0.4, -0.2) is 24.0 Å². The number of carbonyl (C=O) groups excluding carboxylic acids is 2. The molecule has 1 amide bonds. The van der Waals surface area contributed by atoms with Gasteiger partial charge in [0.15, 0.2) is 0 Å². The average Bonchev–Trinajstić information content (AvgIpc) is 2.93. The molecule has 0 spiro atoms. The van der Waals surface area contributed by atoms with Crippen LogP contribution in [0.5, 0.6) is 0 Å². The van der Waals surface area contributed by atoms with E-state index >= 15 is 0 Å². The standard InChI is InChI=1S/C15H21NO3S2/c1-10(2)19-14(18)12(15-20-8-9-21-15)13(17)16-11-6-4-3-5-7-11/h8-11H,3-7H2,1-2H3,(H,16,17). The number of rotatable bonds is 4. The van der Waals surface area contributed by atoms with Gasteiger partial charge in [-0.3, -0.25) is 4.79 Å². The Balaban J connectivity index is 2.09. The van der Waals surface area contributed by atoms with Crippen LogP contribution in [0.2, 0.25) is 0 Å². The first-order chi connectivity index (χ1) is 10.1. The third-order valence-corrected chi connectivity index (χ3v) is 5.45. The molecule has 4 nitrogen and oxygen atoms in total. The van der Waals surface area contributed by atoms with E-state index in [1.165, 1.54) is 29.9 Å². The fraction of sp³-hybridized carbons (Fsp3) is 0.600. The van der Waals surface area contributed by atoms with E-state index in [0.29, 0.717) is 4.24 Å². The second kappa shape index (κ2) is 7.94. The van der Waals surface area contributed by atoms with Crippen LogP contribution < -0.4 is 5.32 Å². The fourth-order valence-corrected chi connectivity index (χ4v) is 4.21. The van der Waals surface area contributed by atoms with Gasteiger partial charge in [0.25, 0.3) is 5.91 Å². The molecule has 1 N–H and O–H groups in total. The number of amides is 1. The number of hydrogen-bond acceptors (Lipinski definition) is 5. The lowest BCUT2D eigenvalue weighted by atomic mass is 9.95. The summed E-state index contributed by atoms with van der Waals surface area (Å²) >= 11 is 2.79. The highest BCUT2D eigenvalue weighted by atomic mass is 32.2. The number of hydrogen-bond donors (Lipinski definition) is 1. The number of carbonyl (C=O) groups is 2. The van der Waals surface area contributed by atoms with Crippen molar-refractivity contribution in [2.45, 2.75) is 58.1 Å². The highest BCUT2D eigenvalue weighted by Crippen LogP contribution is 2.40. The molecule has 2 aliphatic rings. The maximum absolute atomic E-state index is 12.5. The van der Waals surface area contributed by atoms with Crippen LogP contribution in [0.4, 0.5) is 0 Å². The summed E-state index contributed by atoms with van der Waals surface area (Å²) < 4.78 is 5.93. The summed E-state index contributed by atoms with van der Waals surface area (Å²) in [7, 11) is 0. The molecular formula is C15H21NO3S2. The minimum atomic E-state index is -0.531. The Morgan fingerprint density at radius 3 is 2.38 bits per heavy atom. The van der Waals surface area contributed by atoms with E-state index < -0.39 is 5.97 Å². The van der Waals surface area contributed by atoms with E-state index in [2.05, 4.69) is 5.32 Å². The molecule has 1 heterocycles. The first-order valence-electron chi connectivity index (χ1n) is 7.32. The van der Waals surface area contributed by atoms with E-state index in [4.69, 9.17) is 4.74 Å². The van der Waals surface area contributed by atoms with Crippen LogP contribution in [0.3, 0.4) is 0 Å². The van der Waals surface area contributed by atoms with Crippen LogP contribution in [-0.2, 0) is 14.3 Å². The molecule has 1 saturated carbocycles. The van der Waals surface area contributed by atoms with Gasteiger partial charge in [0, 0.05) is 6.04 Å². The monoisotopic (exact) mass is 327 g/mol. The topological polar surface area (TPSA) is 55.4 Å². The Labute approximate surface area is 134 Å². The smallest absolute Gasteiger partial charge is 0.345 e. The summed E-state index contributed by atoms with van der Waals surface area (Å²) in [5.74, 6) is -0.830. The minimum Gasteiger partial charge on any atom is -0.459 e. The molecule has 1 aliphatic carbocycles. The normalized spacial score (nSPS) is 18.9. The highest BCUT2D eigenvalue weighted by molar-refractivity contribution is 8.27. The average molecular weight is 327 g/mol. The summed E-state index contributed by atoms with van der Waals surface area (Å²) in [6.45, 7) is 3.57. The number of nitrogens with one attached hydrogen (secondary N) is 1. The lowest BCUT2D eigenvalue weighted by Crippen LogP contribution is -2.39. The third-order valence-electron chi connectivity index (χ3n) is 3.32. The molecule has 116 valence electrons. The molecule has 2 rings (SSSR count). The first kappa shape index (κ1) is 16.5. The summed E-state index contributed by atoms with van der Waals surface area (Å²) in [6, 6.07) is 0.179. The molecule has 0 unspecified atom stereocenters. The maximum Gasteiger partial charge on any atom is 0.345 e. The lowest BCUT2D eigenvalue weighted by molar-refractivity contribution is -0.144. The van der Waals surface area contributed by atoms with Gasteiger partial charge in [-0.15, -0.1) is 0 Å². The van der Waals surface area contributed by atoms with Gasteiger partial charge in [0.05, 0.1) is 10.3 Å². The molecule has 0 atom stereocenters. The summed E-state index contributed by atoms with van der Waals surface area (Å²) in [6.07, 6.45) is 5.25. The van der Waals surface area contributed by atoms with E-state index in [9.17, 15) is 9.59 Å². The van der Waals surface area contributed by atoms with E-state index in [1.807, 2.05) is 10.8 Å². The van der Waals surface area contributed by atoms with Gasteiger partial charge in [-0.25, -0.2) is 4.79 Å². The molecule has 0 aromatic heterocycles. The largest absolute Gasteiger partial charge is 0.459 e. The van der Waals surface area contributed by atoms with Gasteiger partial charge in [-0.2, -0.15) is 0 Å². The molecule has 0 aromatic carbocycles. The fourth-order valence-electron chi connectivity index (χ4n) is 2.37. The molecule has 0 radical (unpaired) electrons. The van der Waals surface area contributed by atoms with Gasteiger partial charge in [0.2, 0.25) is 0 Å². The third kappa shape index (κ3) is 4.81. The zero-order valence-electron chi connectivity index (χ0n) is 12.4. The first-order valence-corrected chi connectivity index (χ1v) is 9.08. The second-order valence-corrected chi connectivity index (χ2v) is 7.52. The predicted octanol–water partition coefficient (Wildman–Crippen LogP) is 3.55. The van der Waals surface area contributed by atoms with E-state index in [-0.39, 0.29) is 23.6 Å². The van der Waals surface area contributed by atoms with Gasteiger partial charge < -0.3 is 10.1 Å². The van der Waals surface area contributed by atoms with E-state index in [0.717, 1.165) is 25.7 Å².